The number of rotatable bonds is 5. The van der Waals surface area contributed by atoms with Gasteiger partial charge in [0.1, 0.15) is 10.6 Å². The van der Waals surface area contributed by atoms with Crippen LogP contribution in [0.15, 0.2) is 23.1 Å². The predicted octanol–water partition coefficient (Wildman–Crippen LogP) is 1.57. The zero-order valence-corrected chi connectivity index (χ0v) is 14.2. The van der Waals surface area contributed by atoms with Gasteiger partial charge in [0, 0.05) is 18.2 Å². The van der Waals surface area contributed by atoms with Crippen molar-refractivity contribution in [2.75, 3.05) is 7.11 Å². The van der Waals surface area contributed by atoms with Crippen LogP contribution in [0.2, 0.25) is 0 Å². The van der Waals surface area contributed by atoms with E-state index in [0.29, 0.717) is 12.8 Å². The molecule has 1 aliphatic carbocycles. The Balaban J connectivity index is 0.00000264. The summed E-state index contributed by atoms with van der Waals surface area (Å²) in [5, 5.41) is 10.8. The number of hydrogen-bond acceptors (Lipinski definition) is 6. The smallest absolute Gasteiger partial charge is 0.273 e. The molecule has 1 saturated carbocycles. The number of non-ortho nitro benzene ring substituents is 1. The molecule has 1 aromatic rings. The fourth-order valence-corrected chi connectivity index (χ4v) is 3.97. The minimum atomic E-state index is -3.80. The van der Waals surface area contributed by atoms with E-state index in [2.05, 4.69) is 4.72 Å². The summed E-state index contributed by atoms with van der Waals surface area (Å²) in [4.78, 5) is 10.0. The van der Waals surface area contributed by atoms with Crippen molar-refractivity contribution in [1.82, 2.24) is 4.72 Å². The molecule has 0 atom stereocenters. The first kappa shape index (κ1) is 19.6. The Morgan fingerprint density at radius 3 is 2.43 bits per heavy atom. The van der Waals surface area contributed by atoms with E-state index in [-0.39, 0.29) is 40.8 Å². The average Bonchev–Trinajstić information content (AvgIpc) is 2.48. The van der Waals surface area contributed by atoms with Crippen molar-refractivity contribution in [3.05, 3.63) is 28.3 Å². The van der Waals surface area contributed by atoms with E-state index in [1.807, 2.05) is 0 Å². The lowest BCUT2D eigenvalue weighted by molar-refractivity contribution is -0.385. The van der Waals surface area contributed by atoms with Gasteiger partial charge < -0.3 is 10.5 Å². The van der Waals surface area contributed by atoms with Crippen molar-refractivity contribution in [3.63, 3.8) is 0 Å². The molecule has 0 unspecified atom stereocenters. The first-order valence-electron chi connectivity index (χ1n) is 6.94. The van der Waals surface area contributed by atoms with E-state index in [0.717, 1.165) is 25.0 Å². The van der Waals surface area contributed by atoms with Crippen LogP contribution in [0.5, 0.6) is 5.75 Å². The van der Waals surface area contributed by atoms with Gasteiger partial charge in [-0.1, -0.05) is 0 Å². The Kier molecular flexibility index (Phi) is 6.75. The maximum Gasteiger partial charge on any atom is 0.273 e. The highest BCUT2D eigenvalue weighted by Crippen LogP contribution is 2.29. The Labute approximate surface area is 141 Å². The Bertz CT molecular complexity index is 660. The lowest BCUT2D eigenvalue weighted by atomic mass is 9.93. The number of nitro groups is 1. The lowest BCUT2D eigenvalue weighted by Gasteiger charge is -2.26. The molecule has 0 heterocycles. The van der Waals surface area contributed by atoms with Gasteiger partial charge in [-0.2, -0.15) is 0 Å². The fraction of sp³-hybridized carbons (Fsp3) is 0.538. The summed E-state index contributed by atoms with van der Waals surface area (Å²) >= 11 is 0. The zero-order valence-electron chi connectivity index (χ0n) is 12.6. The largest absolute Gasteiger partial charge is 0.495 e. The Hall–Kier alpha value is -1.42. The maximum atomic E-state index is 12.5. The van der Waals surface area contributed by atoms with Crippen molar-refractivity contribution >= 4 is 28.1 Å². The van der Waals surface area contributed by atoms with Gasteiger partial charge in [-0.3, -0.25) is 10.1 Å². The van der Waals surface area contributed by atoms with Gasteiger partial charge in [-0.25, -0.2) is 13.1 Å². The number of nitrogens with zero attached hydrogens (tertiary/aromatic N) is 1. The molecule has 0 spiro atoms. The molecular formula is C13H20ClN3O5S. The lowest BCUT2D eigenvalue weighted by Crippen LogP contribution is -2.40. The molecule has 1 fully saturated rings. The quantitative estimate of drug-likeness (QED) is 0.602. The normalized spacial score (nSPS) is 21.3. The van der Waals surface area contributed by atoms with Crippen LogP contribution in [-0.4, -0.2) is 32.5 Å². The van der Waals surface area contributed by atoms with E-state index < -0.39 is 14.9 Å². The van der Waals surface area contributed by atoms with E-state index in [9.17, 15) is 18.5 Å². The summed E-state index contributed by atoms with van der Waals surface area (Å²) in [7, 11) is -2.53. The van der Waals surface area contributed by atoms with E-state index >= 15 is 0 Å². The van der Waals surface area contributed by atoms with Gasteiger partial charge in [-0.15, -0.1) is 12.4 Å². The highest BCUT2D eigenvalue weighted by atomic mass is 35.5. The van der Waals surface area contributed by atoms with Crippen molar-refractivity contribution in [2.24, 2.45) is 5.73 Å². The van der Waals surface area contributed by atoms with Gasteiger partial charge in [0.2, 0.25) is 10.0 Å². The molecule has 0 bridgehead atoms. The van der Waals surface area contributed by atoms with Gasteiger partial charge in [0.25, 0.3) is 5.69 Å². The number of sulfonamides is 1. The molecular weight excluding hydrogens is 346 g/mol. The third kappa shape index (κ3) is 4.77. The van der Waals surface area contributed by atoms with E-state index in [1.54, 1.807) is 0 Å². The second kappa shape index (κ2) is 7.91. The molecule has 0 aliphatic heterocycles. The number of ether oxygens (including phenoxy) is 1. The van der Waals surface area contributed by atoms with Crippen LogP contribution >= 0.6 is 12.4 Å². The number of nitrogens with one attached hydrogen (secondary N) is 1. The van der Waals surface area contributed by atoms with Crippen LogP contribution < -0.4 is 15.2 Å². The number of nitrogens with two attached hydrogens (primary N) is 1. The van der Waals surface area contributed by atoms with Gasteiger partial charge >= 0.3 is 0 Å². The number of methoxy groups -OCH3 is 1. The molecule has 0 radical (unpaired) electrons. The van der Waals surface area contributed by atoms with Crippen LogP contribution in [0.25, 0.3) is 0 Å². The van der Waals surface area contributed by atoms with Crippen molar-refractivity contribution in [1.29, 1.82) is 0 Å². The van der Waals surface area contributed by atoms with Crippen molar-refractivity contribution < 1.29 is 18.1 Å². The first-order chi connectivity index (χ1) is 10.3. The second-order valence-corrected chi connectivity index (χ2v) is 7.01. The zero-order chi connectivity index (χ0) is 16.3. The third-order valence-electron chi connectivity index (χ3n) is 3.74. The SMILES string of the molecule is COc1cc([N+](=O)[O-])ccc1S(=O)(=O)NC1CCC(N)CC1.Cl. The molecule has 23 heavy (non-hydrogen) atoms. The molecule has 1 aromatic carbocycles. The summed E-state index contributed by atoms with van der Waals surface area (Å²) in [6.45, 7) is 0. The summed E-state index contributed by atoms with van der Waals surface area (Å²) in [5.74, 6) is -0.0470. The maximum absolute atomic E-state index is 12.5. The number of hydrogen-bond donors (Lipinski definition) is 2. The molecule has 10 heteroatoms. The summed E-state index contributed by atoms with van der Waals surface area (Å²) < 4.78 is 32.5. The fourth-order valence-electron chi connectivity index (χ4n) is 2.51. The molecule has 0 amide bonds. The van der Waals surface area contributed by atoms with Gasteiger partial charge in [0.05, 0.1) is 18.1 Å². The molecule has 0 saturated heterocycles. The van der Waals surface area contributed by atoms with Crippen LogP contribution in [0.1, 0.15) is 25.7 Å². The topological polar surface area (TPSA) is 125 Å². The third-order valence-corrected chi connectivity index (χ3v) is 5.30. The van der Waals surface area contributed by atoms with Crippen molar-refractivity contribution in [2.45, 2.75) is 42.7 Å². The van der Waals surface area contributed by atoms with Crippen molar-refractivity contribution in [3.8, 4) is 5.75 Å². The van der Waals surface area contributed by atoms with Crippen LogP contribution in [-0.2, 0) is 10.0 Å². The minimum Gasteiger partial charge on any atom is -0.495 e. The van der Waals surface area contributed by atoms with Crippen LogP contribution in [0.4, 0.5) is 5.69 Å². The summed E-state index contributed by atoms with van der Waals surface area (Å²) in [6.07, 6.45) is 2.89. The average molecular weight is 366 g/mol. The highest BCUT2D eigenvalue weighted by Gasteiger charge is 2.27. The number of halogens is 1. The standard InChI is InChI=1S/C13H19N3O5S.ClH/c1-21-12-8-11(16(17)18)6-7-13(12)22(19,20)15-10-4-2-9(14)3-5-10;/h6-10,15H,2-5,14H2,1H3;1H. The Morgan fingerprint density at radius 2 is 1.91 bits per heavy atom. The molecule has 8 nitrogen and oxygen atoms in total. The summed E-state index contributed by atoms with van der Waals surface area (Å²) in [5.41, 5.74) is 5.58. The summed E-state index contributed by atoms with van der Waals surface area (Å²) in [6, 6.07) is 3.38. The second-order valence-electron chi connectivity index (χ2n) is 5.33. The molecule has 2 rings (SSSR count). The molecule has 130 valence electrons. The van der Waals surface area contributed by atoms with Crippen LogP contribution in [0.3, 0.4) is 0 Å². The Morgan fingerprint density at radius 1 is 1.30 bits per heavy atom. The molecule has 3 N–H and O–H groups in total. The molecule has 1 aliphatic rings. The predicted molar refractivity (Wildman–Crippen MR) is 87.4 cm³/mol. The monoisotopic (exact) mass is 365 g/mol. The minimum absolute atomic E-state index is 0. The number of benzene rings is 1. The van der Waals surface area contributed by atoms with E-state index in [4.69, 9.17) is 10.5 Å². The highest BCUT2D eigenvalue weighted by molar-refractivity contribution is 7.89. The molecule has 0 aromatic heterocycles. The van der Waals surface area contributed by atoms with Crippen LogP contribution in [0, 0.1) is 10.1 Å². The van der Waals surface area contributed by atoms with Gasteiger partial charge in [0.15, 0.2) is 0 Å². The van der Waals surface area contributed by atoms with E-state index in [1.165, 1.54) is 13.2 Å². The number of nitro benzene ring substituents is 1. The van der Waals surface area contributed by atoms with Gasteiger partial charge in [-0.05, 0) is 31.7 Å². The first-order valence-corrected chi connectivity index (χ1v) is 8.42.